The van der Waals surface area contributed by atoms with Gasteiger partial charge >= 0.3 is 10.1 Å². The van der Waals surface area contributed by atoms with Crippen LogP contribution in [-0.2, 0) is 21.3 Å². The molecule has 2 aliphatic carbocycles. The van der Waals surface area contributed by atoms with Crippen molar-refractivity contribution in [1.82, 2.24) is 10.6 Å². The molecular formula is C24H25N3O4S. The Morgan fingerprint density at radius 1 is 1.22 bits per heavy atom. The van der Waals surface area contributed by atoms with Gasteiger partial charge in [-0.2, -0.15) is 13.7 Å². The molecule has 3 fully saturated rings. The molecule has 2 N–H and O–H groups in total. The number of amides is 1. The molecule has 1 heterocycles. The average molecular weight is 452 g/mol. The second-order valence-corrected chi connectivity index (χ2v) is 10.8. The highest BCUT2D eigenvalue weighted by Crippen LogP contribution is 2.70. The minimum atomic E-state index is -3.55. The van der Waals surface area contributed by atoms with Crippen LogP contribution in [-0.4, -0.2) is 38.7 Å². The number of nitrogens with zero attached hydrogens (tertiary/aromatic N) is 1. The number of hydrogen-bond donors (Lipinski definition) is 2. The average Bonchev–Trinajstić information content (AvgIpc) is 3.46. The van der Waals surface area contributed by atoms with Crippen molar-refractivity contribution in [2.24, 2.45) is 11.3 Å². The highest BCUT2D eigenvalue weighted by atomic mass is 32.2. The summed E-state index contributed by atoms with van der Waals surface area (Å²) < 4.78 is 27.3. The van der Waals surface area contributed by atoms with Gasteiger partial charge in [-0.25, -0.2) is 0 Å². The molecule has 5 rings (SSSR count). The molecule has 0 bridgehead atoms. The van der Waals surface area contributed by atoms with Crippen molar-refractivity contribution < 1.29 is 17.4 Å². The van der Waals surface area contributed by atoms with E-state index in [0.717, 1.165) is 35.8 Å². The molecule has 8 heteroatoms. The molecule has 7 nitrogen and oxygen atoms in total. The second kappa shape index (κ2) is 7.61. The Morgan fingerprint density at radius 3 is 2.34 bits per heavy atom. The minimum absolute atomic E-state index is 0.0548. The van der Waals surface area contributed by atoms with Crippen molar-refractivity contribution in [1.29, 1.82) is 5.26 Å². The molecule has 1 saturated heterocycles. The van der Waals surface area contributed by atoms with Crippen LogP contribution >= 0.6 is 0 Å². The van der Waals surface area contributed by atoms with Gasteiger partial charge in [-0.1, -0.05) is 36.4 Å². The lowest BCUT2D eigenvalue weighted by Gasteiger charge is -2.34. The number of hydrogen-bond acceptors (Lipinski definition) is 6. The van der Waals surface area contributed by atoms with Gasteiger partial charge in [0.25, 0.3) is 0 Å². The quantitative estimate of drug-likeness (QED) is 0.626. The van der Waals surface area contributed by atoms with Crippen molar-refractivity contribution in [2.75, 3.05) is 6.26 Å². The van der Waals surface area contributed by atoms with E-state index in [9.17, 15) is 18.5 Å². The fraction of sp³-hybridized carbons (Fsp3) is 0.417. The monoisotopic (exact) mass is 451 g/mol. The SMILES string of the molecule is CS(=O)(=O)Oc1ccc(-c2ccc(C[C@@H](C#N)NC(=O)[C@H]3N[C@@H]4CCC45C[C@@H]35)cc2)cc1. The molecule has 0 radical (unpaired) electrons. The molecule has 32 heavy (non-hydrogen) atoms. The molecule has 2 aromatic rings. The summed E-state index contributed by atoms with van der Waals surface area (Å²) in [7, 11) is -3.55. The number of rotatable bonds is 7. The largest absolute Gasteiger partial charge is 0.383 e. The summed E-state index contributed by atoms with van der Waals surface area (Å²) in [4.78, 5) is 12.7. The molecule has 0 aromatic heterocycles. The molecule has 2 saturated carbocycles. The maximum atomic E-state index is 12.7. The number of piperidine rings is 1. The molecule has 1 spiro atoms. The first-order valence-corrected chi connectivity index (χ1v) is 12.6. The Kier molecular flexibility index (Phi) is 4.99. The number of nitrogens with one attached hydrogen (secondary N) is 2. The minimum Gasteiger partial charge on any atom is -0.383 e. The Labute approximate surface area is 187 Å². The summed E-state index contributed by atoms with van der Waals surface area (Å²) in [5, 5.41) is 15.9. The molecule has 3 aliphatic rings. The first-order valence-electron chi connectivity index (χ1n) is 10.8. The van der Waals surface area contributed by atoms with Gasteiger partial charge < -0.3 is 14.8 Å². The highest BCUT2D eigenvalue weighted by Gasteiger charge is 2.72. The maximum absolute atomic E-state index is 12.7. The zero-order valence-corrected chi connectivity index (χ0v) is 18.6. The van der Waals surface area contributed by atoms with Crippen LogP contribution in [0.1, 0.15) is 24.8 Å². The Morgan fingerprint density at radius 2 is 1.88 bits per heavy atom. The highest BCUT2D eigenvalue weighted by molar-refractivity contribution is 7.86. The molecule has 166 valence electrons. The van der Waals surface area contributed by atoms with Crippen LogP contribution in [0, 0.1) is 22.7 Å². The predicted molar refractivity (Wildman–Crippen MR) is 119 cm³/mol. The van der Waals surface area contributed by atoms with Crippen LogP contribution in [0.15, 0.2) is 48.5 Å². The zero-order valence-electron chi connectivity index (χ0n) is 17.7. The zero-order chi connectivity index (χ0) is 22.5. The van der Waals surface area contributed by atoms with Crippen molar-refractivity contribution in [3.05, 3.63) is 54.1 Å². The van der Waals surface area contributed by atoms with E-state index in [0.29, 0.717) is 23.8 Å². The van der Waals surface area contributed by atoms with Gasteiger partial charge in [0.15, 0.2) is 0 Å². The van der Waals surface area contributed by atoms with Gasteiger partial charge in [-0.15, -0.1) is 0 Å². The fourth-order valence-corrected chi connectivity index (χ4v) is 5.79. The van der Waals surface area contributed by atoms with Gasteiger partial charge in [0.05, 0.1) is 18.4 Å². The summed E-state index contributed by atoms with van der Waals surface area (Å²) >= 11 is 0. The smallest absolute Gasteiger partial charge is 0.306 e. The van der Waals surface area contributed by atoms with Crippen LogP contribution in [0.25, 0.3) is 11.1 Å². The van der Waals surface area contributed by atoms with Crippen molar-refractivity contribution in [2.45, 2.75) is 43.8 Å². The Balaban J connectivity index is 1.19. The van der Waals surface area contributed by atoms with Crippen molar-refractivity contribution in [3.63, 3.8) is 0 Å². The van der Waals surface area contributed by atoms with E-state index >= 15 is 0 Å². The lowest BCUT2D eigenvalue weighted by molar-refractivity contribution is -0.123. The maximum Gasteiger partial charge on any atom is 0.306 e. The first-order chi connectivity index (χ1) is 15.3. The lowest BCUT2D eigenvalue weighted by atomic mass is 9.76. The molecule has 1 unspecified atom stereocenters. The number of benzene rings is 2. The summed E-state index contributed by atoms with van der Waals surface area (Å²) in [5.74, 6) is 0.650. The topological polar surface area (TPSA) is 108 Å². The van der Waals surface area contributed by atoms with E-state index in [1.165, 1.54) is 6.42 Å². The predicted octanol–water partition coefficient (Wildman–Crippen LogP) is 2.38. The van der Waals surface area contributed by atoms with Gasteiger partial charge in [0.1, 0.15) is 11.8 Å². The normalized spacial score (nSPS) is 28.4. The molecule has 1 amide bonds. The lowest BCUT2D eigenvalue weighted by Crippen LogP contribution is -2.50. The van der Waals surface area contributed by atoms with E-state index in [1.54, 1.807) is 24.3 Å². The van der Waals surface area contributed by atoms with Gasteiger partial charge in [-0.05, 0) is 59.4 Å². The van der Waals surface area contributed by atoms with Crippen LogP contribution < -0.4 is 14.8 Å². The third-order valence-electron chi connectivity index (χ3n) is 7.14. The Bertz CT molecular complexity index is 1190. The van der Waals surface area contributed by atoms with Crippen LogP contribution in [0.2, 0.25) is 0 Å². The number of carbonyl (C=O) groups is 1. The summed E-state index contributed by atoms with van der Waals surface area (Å²) in [6, 6.07) is 16.6. The van der Waals surface area contributed by atoms with E-state index in [1.807, 2.05) is 24.3 Å². The van der Waals surface area contributed by atoms with Crippen LogP contribution in [0.3, 0.4) is 0 Å². The summed E-state index contributed by atoms with van der Waals surface area (Å²) in [6.45, 7) is 0. The molecule has 5 atom stereocenters. The van der Waals surface area contributed by atoms with E-state index < -0.39 is 16.2 Å². The van der Waals surface area contributed by atoms with Crippen molar-refractivity contribution in [3.8, 4) is 22.9 Å². The summed E-state index contributed by atoms with van der Waals surface area (Å²) in [6.07, 6.45) is 4.97. The summed E-state index contributed by atoms with van der Waals surface area (Å²) in [5.41, 5.74) is 3.22. The van der Waals surface area contributed by atoms with E-state index in [2.05, 4.69) is 16.7 Å². The fourth-order valence-electron chi connectivity index (χ4n) is 5.33. The van der Waals surface area contributed by atoms with Gasteiger partial charge in [0.2, 0.25) is 5.91 Å². The first kappa shape index (κ1) is 21.0. The third kappa shape index (κ3) is 3.87. The van der Waals surface area contributed by atoms with Crippen LogP contribution in [0.4, 0.5) is 0 Å². The third-order valence-corrected chi connectivity index (χ3v) is 7.63. The second-order valence-electron chi connectivity index (χ2n) is 9.18. The van der Waals surface area contributed by atoms with Crippen molar-refractivity contribution >= 4 is 16.0 Å². The van der Waals surface area contributed by atoms with Gasteiger partial charge in [0, 0.05) is 12.5 Å². The molecule has 1 aliphatic heterocycles. The number of nitriles is 1. The van der Waals surface area contributed by atoms with E-state index in [-0.39, 0.29) is 17.7 Å². The molecule has 2 aromatic carbocycles. The Hall–Kier alpha value is -2.89. The van der Waals surface area contributed by atoms with E-state index in [4.69, 9.17) is 4.18 Å². The number of carbonyl (C=O) groups excluding carboxylic acids is 1. The standard InChI is InChI=1S/C24H25N3O4S/c1-32(29,30)31-19-8-6-17(7-9-19)16-4-2-15(3-5-16)12-18(14-25)26-23(28)22-20-13-24(20)11-10-21(24)27-22/h2-9,18,20-22,27H,10-13H2,1H3,(H,26,28)/t18-,20-,21+,22-,24?/m0/s1. The molecular weight excluding hydrogens is 426 g/mol. The van der Waals surface area contributed by atoms with Crippen LogP contribution in [0.5, 0.6) is 5.75 Å². The van der Waals surface area contributed by atoms with Gasteiger partial charge in [-0.3, -0.25) is 4.79 Å².